The summed E-state index contributed by atoms with van der Waals surface area (Å²) in [6.45, 7) is 19.8. The molecule has 0 radical (unpaired) electrons. The van der Waals surface area contributed by atoms with Crippen LogP contribution in [0.4, 0.5) is 0 Å². The summed E-state index contributed by atoms with van der Waals surface area (Å²) in [5, 5.41) is 0. The fraction of sp³-hybridized carbons (Fsp3) is 0.458. The van der Waals surface area contributed by atoms with Crippen molar-refractivity contribution in [1.29, 1.82) is 0 Å². The number of aryl methyl sites for hydroxylation is 1. The quantitative estimate of drug-likeness (QED) is 0.586. The molecule has 0 fully saturated rings. The van der Waals surface area contributed by atoms with Crippen LogP contribution in [0, 0.1) is 6.92 Å². The van der Waals surface area contributed by atoms with Crippen molar-refractivity contribution >= 4 is 5.57 Å². The maximum atomic E-state index is 4.53. The molecular weight excluding hydrogens is 302 g/mol. The van der Waals surface area contributed by atoms with E-state index < -0.39 is 0 Å². The van der Waals surface area contributed by atoms with E-state index in [4.69, 9.17) is 0 Å². The number of benzene rings is 1. The molecule has 0 aliphatic heterocycles. The molecule has 0 saturated heterocycles. The van der Waals surface area contributed by atoms with Crippen molar-refractivity contribution in [2.45, 2.75) is 72.1 Å². The average Bonchev–Trinajstić information content (AvgIpc) is 2.61. The second-order valence-corrected chi connectivity index (χ2v) is 8.23. The Morgan fingerprint density at radius 1 is 0.920 bits per heavy atom. The zero-order chi connectivity index (χ0) is 18.8. The number of aromatic nitrogens is 1. The van der Waals surface area contributed by atoms with E-state index in [-0.39, 0.29) is 10.8 Å². The maximum Gasteiger partial charge on any atom is 0.0702 e. The van der Waals surface area contributed by atoms with Crippen LogP contribution in [0.25, 0.3) is 5.57 Å². The minimum atomic E-state index is 0.224. The third kappa shape index (κ3) is 3.86. The van der Waals surface area contributed by atoms with Crippen molar-refractivity contribution in [2.75, 3.05) is 0 Å². The second kappa shape index (κ2) is 7.15. The monoisotopic (exact) mass is 335 g/mol. The summed E-state index contributed by atoms with van der Waals surface area (Å²) in [4.78, 5) is 4.53. The Hall–Kier alpha value is -1.89. The van der Waals surface area contributed by atoms with E-state index in [1.54, 1.807) is 0 Å². The lowest BCUT2D eigenvalue weighted by Crippen LogP contribution is -2.33. The van der Waals surface area contributed by atoms with Gasteiger partial charge in [0, 0.05) is 11.8 Å². The van der Waals surface area contributed by atoms with Crippen LogP contribution in [-0.2, 0) is 10.8 Å². The molecule has 0 atom stereocenters. The molecule has 1 aliphatic rings. The SMILES string of the molecule is C=C(c1ccc2c(c1)C(C)(C)CCC2(C)C)c1ccc(C)cn1.CC. The van der Waals surface area contributed by atoms with Gasteiger partial charge in [0.1, 0.15) is 0 Å². The standard InChI is InChI=1S/C22H27N.C2H6/c1-15-7-10-20(23-14-15)16(2)17-8-9-18-19(13-17)22(5,6)12-11-21(18,3)4;1-2/h7-10,13-14H,2,11-12H2,1,3-6H3;1-2H3. The topological polar surface area (TPSA) is 12.9 Å². The molecule has 0 N–H and O–H groups in total. The summed E-state index contributed by atoms with van der Waals surface area (Å²) < 4.78 is 0. The summed E-state index contributed by atoms with van der Waals surface area (Å²) >= 11 is 0. The van der Waals surface area contributed by atoms with E-state index in [0.717, 1.165) is 11.3 Å². The van der Waals surface area contributed by atoms with Gasteiger partial charge >= 0.3 is 0 Å². The third-order valence-electron chi connectivity index (χ3n) is 5.42. The minimum absolute atomic E-state index is 0.224. The van der Waals surface area contributed by atoms with Gasteiger partial charge in [0.2, 0.25) is 0 Å². The van der Waals surface area contributed by atoms with Gasteiger partial charge in [-0.2, -0.15) is 0 Å². The van der Waals surface area contributed by atoms with Crippen LogP contribution in [0.3, 0.4) is 0 Å². The van der Waals surface area contributed by atoms with Gasteiger partial charge in [0.05, 0.1) is 5.69 Å². The highest BCUT2D eigenvalue weighted by Gasteiger charge is 2.37. The average molecular weight is 336 g/mol. The molecule has 1 aromatic carbocycles. The van der Waals surface area contributed by atoms with E-state index in [1.165, 1.54) is 35.1 Å². The van der Waals surface area contributed by atoms with E-state index >= 15 is 0 Å². The Balaban J connectivity index is 0.00000109. The Kier molecular flexibility index (Phi) is 5.56. The van der Waals surface area contributed by atoms with Crippen molar-refractivity contribution < 1.29 is 0 Å². The Morgan fingerprint density at radius 2 is 1.52 bits per heavy atom. The summed E-state index contributed by atoms with van der Waals surface area (Å²) in [7, 11) is 0. The van der Waals surface area contributed by atoms with Gasteiger partial charge < -0.3 is 0 Å². The molecule has 0 saturated carbocycles. The molecule has 0 spiro atoms. The Labute approximate surface area is 154 Å². The first-order valence-corrected chi connectivity index (χ1v) is 9.48. The summed E-state index contributed by atoms with van der Waals surface area (Å²) in [6.07, 6.45) is 4.38. The molecule has 1 aromatic heterocycles. The number of hydrogen-bond acceptors (Lipinski definition) is 1. The van der Waals surface area contributed by atoms with Crippen LogP contribution >= 0.6 is 0 Å². The molecule has 1 heterocycles. The van der Waals surface area contributed by atoms with Crippen LogP contribution in [0.15, 0.2) is 43.1 Å². The van der Waals surface area contributed by atoms with Crippen LogP contribution < -0.4 is 0 Å². The van der Waals surface area contributed by atoms with Gasteiger partial charge in [0.15, 0.2) is 0 Å². The van der Waals surface area contributed by atoms with E-state index in [9.17, 15) is 0 Å². The summed E-state index contributed by atoms with van der Waals surface area (Å²) in [5.41, 5.74) is 7.77. The number of rotatable bonds is 2. The molecule has 25 heavy (non-hydrogen) atoms. The number of fused-ring (bicyclic) bond motifs is 1. The number of nitrogens with zero attached hydrogens (tertiary/aromatic N) is 1. The first-order valence-electron chi connectivity index (χ1n) is 9.48. The van der Waals surface area contributed by atoms with Crippen molar-refractivity contribution in [3.05, 3.63) is 71.1 Å². The van der Waals surface area contributed by atoms with Crippen molar-refractivity contribution in [3.8, 4) is 0 Å². The normalized spacial score (nSPS) is 17.1. The zero-order valence-corrected chi connectivity index (χ0v) is 17.0. The van der Waals surface area contributed by atoms with Crippen LogP contribution in [0.5, 0.6) is 0 Å². The van der Waals surface area contributed by atoms with E-state index in [1.807, 2.05) is 20.0 Å². The van der Waals surface area contributed by atoms with Crippen LogP contribution in [0.1, 0.15) is 82.3 Å². The van der Waals surface area contributed by atoms with Gasteiger partial charge in [-0.15, -0.1) is 0 Å². The molecule has 1 nitrogen and oxygen atoms in total. The number of pyridine rings is 1. The lowest BCUT2D eigenvalue weighted by Gasteiger charge is -2.42. The number of hydrogen-bond donors (Lipinski definition) is 0. The molecule has 0 bridgehead atoms. The van der Waals surface area contributed by atoms with Crippen LogP contribution in [-0.4, -0.2) is 4.98 Å². The molecule has 3 rings (SSSR count). The highest BCUT2D eigenvalue weighted by molar-refractivity contribution is 5.77. The van der Waals surface area contributed by atoms with E-state index in [0.29, 0.717) is 0 Å². The third-order valence-corrected chi connectivity index (χ3v) is 5.42. The first kappa shape index (κ1) is 19.4. The Morgan fingerprint density at radius 3 is 2.08 bits per heavy atom. The predicted molar refractivity (Wildman–Crippen MR) is 110 cm³/mol. The molecule has 0 amide bonds. The molecule has 1 heteroatoms. The highest BCUT2D eigenvalue weighted by Crippen LogP contribution is 2.46. The summed E-state index contributed by atoms with van der Waals surface area (Å²) in [6, 6.07) is 11.0. The molecule has 2 aromatic rings. The van der Waals surface area contributed by atoms with E-state index in [2.05, 4.69) is 76.5 Å². The van der Waals surface area contributed by atoms with Crippen molar-refractivity contribution in [3.63, 3.8) is 0 Å². The minimum Gasteiger partial charge on any atom is -0.256 e. The fourth-order valence-electron chi connectivity index (χ4n) is 3.57. The largest absolute Gasteiger partial charge is 0.256 e. The fourth-order valence-corrected chi connectivity index (χ4v) is 3.57. The molecule has 134 valence electrons. The first-order chi connectivity index (χ1) is 11.7. The molecular formula is C24H33N. The zero-order valence-electron chi connectivity index (χ0n) is 17.0. The molecule has 0 unspecified atom stereocenters. The van der Waals surface area contributed by atoms with Gasteiger partial charge in [0.25, 0.3) is 0 Å². The van der Waals surface area contributed by atoms with Gasteiger partial charge in [-0.05, 0) is 58.9 Å². The smallest absolute Gasteiger partial charge is 0.0702 e. The van der Waals surface area contributed by atoms with Gasteiger partial charge in [-0.1, -0.05) is 72.4 Å². The van der Waals surface area contributed by atoms with Crippen molar-refractivity contribution in [1.82, 2.24) is 4.98 Å². The van der Waals surface area contributed by atoms with Crippen molar-refractivity contribution in [2.24, 2.45) is 0 Å². The summed E-state index contributed by atoms with van der Waals surface area (Å²) in [5.74, 6) is 0. The lowest BCUT2D eigenvalue weighted by atomic mass is 9.63. The van der Waals surface area contributed by atoms with Crippen LogP contribution in [0.2, 0.25) is 0 Å². The van der Waals surface area contributed by atoms with Gasteiger partial charge in [-0.3, -0.25) is 4.98 Å². The second-order valence-electron chi connectivity index (χ2n) is 8.23. The molecule has 1 aliphatic carbocycles. The maximum absolute atomic E-state index is 4.53. The highest BCUT2D eigenvalue weighted by atomic mass is 14.7. The predicted octanol–water partition coefficient (Wildman–Crippen LogP) is 6.83. The Bertz CT molecular complexity index is 748. The lowest BCUT2D eigenvalue weighted by molar-refractivity contribution is 0.332. The van der Waals surface area contributed by atoms with Gasteiger partial charge in [-0.25, -0.2) is 0 Å².